The number of nitrogens with zero attached hydrogens (tertiary/aromatic N) is 2. The topological polar surface area (TPSA) is 78.0 Å². The van der Waals surface area contributed by atoms with Gasteiger partial charge in [-0.15, -0.1) is 11.3 Å². The van der Waals surface area contributed by atoms with Gasteiger partial charge in [0.25, 0.3) is 5.91 Å². The van der Waals surface area contributed by atoms with Gasteiger partial charge in [0.05, 0.1) is 29.5 Å². The molecular weight excluding hydrogens is 428 g/mol. The van der Waals surface area contributed by atoms with Crippen molar-refractivity contribution in [3.05, 3.63) is 81.8 Å². The summed E-state index contributed by atoms with van der Waals surface area (Å²) in [6.07, 6.45) is -1.01. The van der Waals surface area contributed by atoms with Crippen molar-refractivity contribution in [1.82, 2.24) is 9.88 Å². The second-order valence-corrected chi connectivity index (χ2v) is 8.37. The molecule has 32 heavy (non-hydrogen) atoms. The van der Waals surface area contributed by atoms with Crippen molar-refractivity contribution in [1.29, 1.82) is 0 Å². The number of carbonyl (C=O) groups excluding carboxylic acids is 2. The van der Waals surface area contributed by atoms with E-state index in [1.807, 2.05) is 30.5 Å². The Labute approximate surface area is 190 Å². The quantitative estimate of drug-likeness (QED) is 0.508. The zero-order valence-electron chi connectivity index (χ0n) is 17.7. The van der Waals surface area contributed by atoms with Crippen LogP contribution < -0.4 is 4.74 Å². The third-order valence-corrected chi connectivity index (χ3v) is 5.84. The summed E-state index contributed by atoms with van der Waals surface area (Å²) in [5, 5.41) is 2.94. The number of aryl methyl sites for hydroxylation is 1. The lowest BCUT2D eigenvalue weighted by molar-refractivity contribution is -0.145. The minimum atomic E-state index is -1.01. The molecule has 1 aliphatic rings. The van der Waals surface area contributed by atoms with Gasteiger partial charge in [0.1, 0.15) is 12.4 Å². The van der Waals surface area contributed by atoms with E-state index in [-0.39, 0.29) is 5.91 Å². The third-order valence-electron chi connectivity index (χ3n) is 5.02. The first kappa shape index (κ1) is 22.0. The summed E-state index contributed by atoms with van der Waals surface area (Å²) >= 11 is 1.57. The third kappa shape index (κ3) is 5.52. The molecule has 4 rings (SSSR count). The molecule has 1 saturated heterocycles. The van der Waals surface area contributed by atoms with Crippen LogP contribution in [-0.4, -0.2) is 48.1 Å². The minimum absolute atomic E-state index is 0.244. The number of thiazole rings is 1. The highest BCUT2D eigenvalue weighted by Crippen LogP contribution is 2.23. The van der Waals surface area contributed by atoms with Crippen LogP contribution in [0.25, 0.3) is 0 Å². The van der Waals surface area contributed by atoms with Crippen LogP contribution in [0.2, 0.25) is 0 Å². The number of ether oxygens (including phenoxy) is 3. The monoisotopic (exact) mass is 452 g/mol. The summed E-state index contributed by atoms with van der Waals surface area (Å²) in [6, 6.07) is 15.7. The van der Waals surface area contributed by atoms with Crippen LogP contribution in [0.15, 0.2) is 60.0 Å². The molecule has 0 radical (unpaired) electrons. The van der Waals surface area contributed by atoms with Crippen LogP contribution in [-0.2, 0) is 20.9 Å². The zero-order valence-corrected chi connectivity index (χ0v) is 18.5. The minimum Gasteiger partial charge on any atom is -0.487 e. The van der Waals surface area contributed by atoms with Crippen molar-refractivity contribution < 1.29 is 23.8 Å². The molecule has 1 fully saturated rings. The van der Waals surface area contributed by atoms with Crippen molar-refractivity contribution in [2.24, 2.45) is 0 Å². The molecule has 1 unspecified atom stereocenters. The van der Waals surface area contributed by atoms with E-state index < -0.39 is 12.1 Å². The molecule has 0 saturated carbocycles. The smallest absolute Gasteiger partial charge is 0.339 e. The van der Waals surface area contributed by atoms with Gasteiger partial charge in [0, 0.05) is 24.0 Å². The van der Waals surface area contributed by atoms with Crippen molar-refractivity contribution in [3.63, 3.8) is 0 Å². The molecule has 0 bridgehead atoms. The summed E-state index contributed by atoms with van der Waals surface area (Å²) in [7, 11) is 0. The Morgan fingerprint density at radius 1 is 1.09 bits per heavy atom. The SMILES string of the molecule is Cc1nc(COc2ccc(C(=O)OC(C(=O)N3CCOCC3)c3ccccc3)cc2)cs1. The van der Waals surface area contributed by atoms with Crippen LogP contribution in [0.4, 0.5) is 0 Å². The molecule has 0 spiro atoms. The molecule has 8 heteroatoms. The average Bonchev–Trinajstić information content (AvgIpc) is 3.27. The molecule has 1 atom stereocenters. The number of rotatable bonds is 7. The molecule has 2 heterocycles. The molecule has 166 valence electrons. The Morgan fingerprint density at radius 2 is 1.81 bits per heavy atom. The predicted octanol–water partition coefficient (Wildman–Crippen LogP) is 3.79. The standard InChI is InChI=1S/C24H24N2O5S/c1-17-25-20(16-32-17)15-30-21-9-7-19(8-10-21)24(28)31-22(18-5-3-2-4-6-18)23(27)26-11-13-29-14-12-26/h2-10,16,22H,11-15H2,1H3. The first-order valence-electron chi connectivity index (χ1n) is 10.4. The van der Waals surface area contributed by atoms with Gasteiger partial charge in [0.2, 0.25) is 6.10 Å². The Kier molecular flexibility index (Phi) is 7.14. The highest BCUT2D eigenvalue weighted by Gasteiger charge is 2.30. The van der Waals surface area contributed by atoms with Crippen LogP contribution in [0.1, 0.15) is 32.7 Å². The van der Waals surface area contributed by atoms with E-state index in [4.69, 9.17) is 14.2 Å². The molecule has 2 aromatic carbocycles. The maximum Gasteiger partial charge on any atom is 0.339 e. The highest BCUT2D eigenvalue weighted by atomic mass is 32.1. The maximum atomic E-state index is 13.1. The number of hydrogen-bond acceptors (Lipinski definition) is 7. The van der Waals surface area contributed by atoms with Crippen molar-refractivity contribution in [2.45, 2.75) is 19.6 Å². The summed E-state index contributed by atoms with van der Waals surface area (Å²) < 4.78 is 16.7. The largest absolute Gasteiger partial charge is 0.487 e. The van der Waals surface area contributed by atoms with E-state index in [9.17, 15) is 9.59 Å². The molecule has 1 aromatic heterocycles. The lowest BCUT2D eigenvalue weighted by atomic mass is 10.1. The fourth-order valence-corrected chi connectivity index (χ4v) is 3.93. The second-order valence-electron chi connectivity index (χ2n) is 7.30. The van der Waals surface area contributed by atoms with Gasteiger partial charge in [-0.3, -0.25) is 4.79 Å². The van der Waals surface area contributed by atoms with Crippen molar-refractivity contribution in [2.75, 3.05) is 26.3 Å². The molecule has 1 aliphatic heterocycles. The normalized spacial score (nSPS) is 14.6. The maximum absolute atomic E-state index is 13.1. The second kappa shape index (κ2) is 10.4. The van der Waals surface area contributed by atoms with E-state index in [2.05, 4.69) is 4.98 Å². The molecule has 7 nitrogen and oxygen atoms in total. The zero-order chi connectivity index (χ0) is 22.3. The lowest BCUT2D eigenvalue weighted by Gasteiger charge is -2.30. The first-order valence-corrected chi connectivity index (χ1v) is 11.2. The summed E-state index contributed by atoms with van der Waals surface area (Å²) in [5.41, 5.74) is 1.84. The molecule has 3 aromatic rings. The Bertz CT molecular complexity index is 1050. The van der Waals surface area contributed by atoms with Crippen molar-refractivity contribution >= 4 is 23.2 Å². The van der Waals surface area contributed by atoms with E-state index in [1.54, 1.807) is 52.6 Å². The Morgan fingerprint density at radius 3 is 2.47 bits per heavy atom. The van der Waals surface area contributed by atoms with E-state index in [1.165, 1.54) is 0 Å². The fraction of sp³-hybridized carbons (Fsp3) is 0.292. The van der Waals surface area contributed by atoms with Crippen molar-refractivity contribution in [3.8, 4) is 5.75 Å². The highest BCUT2D eigenvalue weighted by molar-refractivity contribution is 7.09. The average molecular weight is 453 g/mol. The van der Waals surface area contributed by atoms with E-state index in [0.29, 0.717) is 49.8 Å². The Hall–Kier alpha value is -3.23. The molecule has 0 aliphatic carbocycles. The van der Waals surface area contributed by atoms with Gasteiger partial charge in [-0.05, 0) is 31.2 Å². The predicted molar refractivity (Wildman–Crippen MR) is 120 cm³/mol. The number of aromatic nitrogens is 1. The summed E-state index contributed by atoms with van der Waals surface area (Å²) in [4.78, 5) is 32.0. The van der Waals surface area contributed by atoms with E-state index in [0.717, 1.165) is 10.7 Å². The lowest BCUT2D eigenvalue weighted by Crippen LogP contribution is -2.44. The van der Waals surface area contributed by atoms with Gasteiger partial charge < -0.3 is 19.1 Å². The number of carbonyl (C=O) groups is 2. The number of morpholine rings is 1. The van der Waals surface area contributed by atoms with E-state index >= 15 is 0 Å². The van der Waals surface area contributed by atoms with Gasteiger partial charge in [-0.1, -0.05) is 30.3 Å². The van der Waals surface area contributed by atoms with Crippen LogP contribution >= 0.6 is 11.3 Å². The van der Waals surface area contributed by atoms with Crippen LogP contribution in [0, 0.1) is 6.92 Å². The number of hydrogen-bond donors (Lipinski definition) is 0. The van der Waals surface area contributed by atoms with Crippen LogP contribution in [0.3, 0.4) is 0 Å². The summed E-state index contributed by atoms with van der Waals surface area (Å²) in [5.74, 6) is -0.190. The molecular formula is C24H24N2O5S. The van der Waals surface area contributed by atoms with Gasteiger partial charge in [0.15, 0.2) is 0 Å². The van der Waals surface area contributed by atoms with Gasteiger partial charge >= 0.3 is 5.97 Å². The number of amides is 1. The molecule has 0 N–H and O–H groups in total. The van der Waals surface area contributed by atoms with Gasteiger partial charge in [-0.25, -0.2) is 9.78 Å². The molecule has 1 amide bonds. The van der Waals surface area contributed by atoms with Gasteiger partial charge in [-0.2, -0.15) is 0 Å². The van der Waals surface area contributed by atoms with Crippen LogP contribution in [0.5, 0.6) is 5.75 Å². The number of benzene rings is 2. The fourth-order valence-electron chi connectivity index (χ4n) is 3.33. The first-order chi connectivity index (χ1) is 15.6. The Balaban J connectivity index is 1.43. The summed E-state index contributed by atoms with van der Waals surface area (Å²) in [6.45, 7) is 4.21. The number of esters is 1.